The second-order valence-electron chi connectivity index (χ2n) is 4.33. The number of rotatable bonds is 4. The van der Waals surface area contributed by atoms with E-state index in [1.165, 1.54) is 18.2 Å². The standard InChI is InChI=1S/C14H12ClN3O2S/c15-13-5-4-10(8-16)7-14(13)21(19,20)18-9-11-2-1-3-12(17)6-11/h1-7,18H,9,17H2. The summed E-state index contributed by atoms with van der Waals surface area (Å²) in [6, 6.07) is 12.8. The summed E-state index contributed by atoms with van der Waals surface area (Å²) in [5.41, 5.74) is 7.14. The quantitative estimate of drug-likeness (QED) is 0.844. The van der Waals surface area contributed by atoms with Crippen LogP contribution in [0.3, 0.4) is 0 Å². The number of hydrogen-bond donors (Lipinski definition) is 2. The van der Waals surface area contributed by atoms with Crippen molar-refractivity contribution in [2.75, 3.05) is 5.73 Å². The minimum absolute atomic E-state index is 0.0640. The first-order chi connectivity index (χ1) is 9.92. The average Bonchev–Trinajstić information content (AvgIpc) is 2.46. The molecule has 0 amide bonds. The number of benzene rings is 2. The van der Waals surface area contributed by atoms with Gasteiger partial charge in [-0.05, 0) is 35.9 Å². The normalized spacial score (nSPS) is 11.0. The minimum atomic E-state index is -3.81. The lowest BCUT2D eigenvalue weighted by atomic mass is 10.2. The number of nitrogens with two attached hydrogens (primary N) is 1. The highest BCUT2D eigenvalue weighted by Gasteiger charge is 2.18. The van der Waals surface area contributed by atoms with E-state index in [2.05, 4.69) is 4.72 Å². The highest BCUT2D eigenvalue weighted by molar-refractivity contribution is 7.89. The van der Waals surface area contributed by atoms with Gasteiger partial charge in [-0.2, -0.15) is 5.26 Å². The Labute approximate surface area is 128 Å². The fourth-order valence-electron chi connectivity index (χ4n) is 1.74. The van der Waals surface area contributed by atoms with Crippen LogP contribution in [0.25, 0.3) is 0 Å². The zero-order chi connectivity index (χ0) is 15.5. The van der Waals surface area contributed by atoms with Crippen LogP contribution in [0.1, 0.15) is 11.1 Å². The summed E-state index contributed by atoms with van der Waals surface area (Å²) in [6.07, 6.45) is 0. The van der Waals surface area contributed by atoms with E-state index in [1.807, 2.05) is 6.07 Å². The van der Waals surface area contributed by atoms with Crippen molar-refractivity contribution in [2.24, 2.45) is 0 Å². The van der Waals surface area contributed by atoms with Gasteiger partial charge < -0.3 is 5.73 Å². The Morgan fingerprint density at radius 1 is 1.24 bits per heavy atom. The smallest absolute Gasteiger partial charge is 0.242 e. The van der Waals surface area contributed by atoms with Gasteiger partial charge >= 0.3 is 0 Å². The molecular weight excluding hydrogens is 310 g/mol. The van der Waals surface area contributed by atoms with Crippen molar-refractivity contribution in [3.63, 3.8) is 0 Å². The molecule has 0 aliphatic heterocycles. The predicted octanol–water partition coefficient (Wildman–Crippen LogP) is 2.27. The molecule has 2 aromatic carbocycles. The van der Waals surface area contributed by atoms with E-state index in [9.17, 15) is 8.42 Å². The lowest BCUT2D eigenvalue weighted by molar-refractivity contribution is 0.581. The van der Waals surface area contributed by atoms with Crippen molar-refractivity contribution in [1.29, 1.82) is 5.26 Å². The average molecular weight is 322 g/mol. The second-order valence-corrected chi connectivity index (χ2v) is 6.47. The lowest BCUT2D eigenvalue weighted by Crippen LogP contribution is -2.23. The maximum atomic E-state index is 12.2. The first kappa shape index (κ1) is 15.3. The SMILES string of the molecule is N#Cc1ccc(Cl)c(S(=O)(=O)NCc2cccc(N)c2)c1. The first-order valence-corrected chi connectivity index (χ1v) is 7.82. The molecule has 2 rings (SSSR count). The predicted molar refractivity (Wildman–Crippen MR) is 81.0 cm³/mol. The van der Waals surface area contributed by atoms with Gasteiger partial charge in [0.1, 0.15) is 4.90 Å². The summed E-state index contributed by atoms with van der Waals surface area (Å²) in [5.74, 6) is 0. The summed E-state index contributed by atoms with van der Waals surface area (Å²) < 4.78 is 26.9. The molecule has 0 heterocycles. The van der Waals surface area contributed by atoms with Gasteiger partial charge in [0.05, 0.1) is 16.7 Å². The molecular formula is C14H12ClN3O2S. The van der Waals surface area contributed by atoms with Gasteiger partial charge in [0.15, 0.2) is 0 Å². The highest BCUT2D eigenvalue weighted by atomic mass is 35.5. The Kier molecular flexibility index (Phi) is 4.48. The van der Waals surface area contributed by atoms with Gasteiger partial charge in [-0.1, -0.05) is 23.7 Å². The first-order valence-electron chi connectivity index (χ1n) is 5.96. The molecule has 0 aromatic heterocycles. The van der Waals surface area contributed by atoms with E-state index in [4.69, 9.17) is 22.6 Å². The molecule has 0 bridgehead atoms. The molecule has 0 saturated heterocycles. The molecule has 5 nitrogen and oxygen atoms in total. The Morgan fingerprint density at radius 2 is 2.00 bits per heavy atom. The third-order valence-electron chi connectivity index (χ3n) is 2.77. The zero-order valence-corrected chi connectivity index (χ0v) is 12.4. The van der Waals surface area contributed by atoms with E-state index in [-0.39, 0.29) is 22.0 Å². The lowest BCUT2D eigenvalue weighted by Gasteiger charge is -2.09. The number of nitrogens with zero attached hydrogens (tertiary/aromatic N) is 1. The van der Waals surface area contributed by atoms with Crippen LogP contribution in [0.5, 0.6) is 0 Å². The molecule has 0 spiro atoms. The maximum Gasteiger partial charge on any atom is 0.242 e. The summed E-state index contributed by atoms with van der Waals surface area (Å²) in [6.45, 7) is 0.0838. The van der Waals surface area contributed by atoms with E-state index in [0.717, 1.165) is 5.56 Å². The van der Waals surface area contributed by atoms with E-state index < -0.39 is 10.0 Å². The number of hydrogen-bond acceptors (Lipinski definition) is 4. The fraction of sp³-hybridized carbons (Fsp3) is 0.0714. The van der Waals surface area contributed by atoms with Crippen molar-refractivity contribution in [3.05, 3.63) is 58.6 Å². The number of anilines is 1. The van der Waals surface area contributed by atoms with Gasteiger partial charge in [-0.15, -0.1) is 0 Å². The monoisotopic (exact) mass is 321 g/mol. The van der Waals surface area contributed by atoms with Crippen LogP contribution in [-0.4, -0.2) is 8.42 Å². The second kappa shape index (κ2) is 6.14. The molecule has 2 aromatic rings. The molecule has 0 radical (unpaired) electrons. The van der Waals surface area contributed by atoms with Gasteiger partial charge in [0, 0.05) is 12.2 Å². The number of nitrogens with one attached hydrogen (secondary N) is 1. The third kappa shape index (κ3) is 3.73. The summed E-state index contributed by atoms with van der Waals surface area (Å²) >= 11 is 5.90. The van der Waals surface area contributed by atoms with Gasteiger partial charge in [0.25, 0.3) is 0 Å². The van der Waals surface area contributed by atoms with Crippen LogP contribution in [0.2, 0.25) is 5.02 Å². The van der Waals surface area contributed by atoms with Gasteiger partial charge in [-0.25, -0.2) is 13.1 Å². The van der Waals surface area contributed by atoms with E-state index in [1.54, 1.807) is 24.3 Å². The maximum absolute atomic E-state index is 12.2. The van der Waals surface area contributed by atoms with Crippen LogP contribution in [0.4, 0.5) is 5.69 Å². The minimum Gasteiger partial charge on any atom is -0.399 e. The molecule has 108 valence electrons. The van der Waals surface area contributed by atoms with E-state index in [0.29, 0.717) is 5.69 Å². The van der Waals surface area contributed by atoms with Crippen molar-refractivity contribution >= 4 is 27.3 Å². The number of halogens is 1. The van der Waals surface area contributed by atoms with Crippen molar-refractivity contribution < 1.29 is 8.42 Å². The summed E-state index contributed by atoms with van der Waals surface area (Å²) in [4.78, 5) is -0.118. The number of nitrogen functional groups attached to an aromatic ring is 1. The third-order valence-corrected chi connectivity index (χ3v) is 4.65. The Hall–Kier alpha value is -2.07. The highest BCUT2D eigenvalue weighted by Crippen LogP contribution is 2.22. The van der Waals surface area contributed by atoms with Gasteiger partial charge in [-0.3, -0.25) is 0 Å². The molecule has 0 fully saturated rings. The molecule has 7 heteroatoms. The van der Waals surface area contributed by atoms with Crippen LogP contribution in [-0.2, 0) is 16.6 Å². The Bertz CT molecular complexity index is 813. The summed E-state index contributed by atoms with van der Waals surface area (Å²) in [5, 5.41) is 8.90. The zero-order valence-electron chi connectivity index (χ0n) is 10.9. The Balaban J connectivity index is 2.25. The largest absolute Gasteiger partial charge is 0.399 e. The van der Waals surface area contributed by atoms with Crippen LogP contribution >= 0.6 is 11.6 Å². The topological polar surface area (TPSA) is 96.0 Å². The molecule has 0 atom stereocenters. The number of nitriles is 1. The Morgan fingerprint density at radius 3 is 2.67 bits per heavy atom. The molecule has 3 N–H and O–H groups in total. The number of sulfonamides is 1. The molecule has 0 aliphatic carbocycles. The van der Waals surface area contributed by atoms with Crippen LogP contribution in [0, 0.1) is 11.3 Å². The van der Waals surface area contributed by atoms with Crippen molar-refractivity contribution in [1.82, 2.24) is 4.72 Å². The van der Waals surface area contributed by atoms with Crippen molar-refractivity contribution in [3.8, 4) is 6.07 Å². The summed E-state index contributed by atoms with van der Waals surface area (Å²) in [7, 11) is -3.81. The molecule has 0 unspecified atom stereocenters. The molecule has 0 aliphatic rings. The molecule has 0 saturated carbocycles. The van der Waals surface area contributed by atoms with Crippen LogP contribution in [0.15, 0.2) is 47.4 Å². The molecule has 21 heavy (non-hydrogen) atoms. The fourth-order valence-corrected chi connectivity index (χ4v) is 3.28. The van der Waals surface area contributed by atoms with Crippen molar-refractivity contribution in [2.45, 2.75) is 11.4 Å². The van der Waals surface area contributed by atoms with E-state index >= 15 is 0 Å². The van der Waals surface area contributed by atoms with Gasteiger partial charge in [0.2, 0.25) is 10.0 Å². The van der Waals surface area contributed by atoms with Crippen LogP contribution < -0.4 is 10.5 Å².